The van der Waals surface area contributed by atoms with E-state index in [0.717, 1.165) is 22.0 Å². The van der Waals surface area contributed by atoms with E-state index in [4.69, 9.17) is 28.7 Å². The summed E-state index contributed by atoms with van der Waals surface area (Å²) in [4.78, 5) is 118. The van der Waals surface area contributed by atoms with E-state index in [-0.39, 0.29) is 94.6 Å². The lowest BCUT2D eigenvalue weighted by Crippen LogP contribution is -2.59. The predicted octanol–water partition coefficient (Wildman–Crippen LogP) is -2.59. The second-order valence-electron chi connectivity index (χ2n) is 16.9. The number of benzene rings is 2. The molecule has 18 N–H and O–H groups in total. The van der Waals surface area contributed by atoms with E-state index in [1.807, 2.05) is 38.1 Å². The molecule has 1 saturated heterocycles. The standard InChI is InChI=1S/C45H65N15O8/c1-25(2)20-34(59-43(68)35(60-41(66)32-16-17-36(61)55-32)22-27-23-53-29-13-7-6-12-28(27)29)42(67)57-30(14-8-18-51-44(47)48)39(64)54-24-37(62)56-31(15-9-19-52-45(49)50)40(65)58-33(38(46)63)21-26-10-4-3-5-11-26/h3-7,10-13,23,25,30-35,53H,8-9,14-22,24H2,1-2H3,(H2,46,63)(H,54,64)(H,55,61)(H,56,62)(H,57,67)(H,58,65)(H,59,68)(H,60,66)(H4,47,48,51)(H4,49,50,52)/t30-,31-,32-,33-,34-,35-/m0/s1. The number of nitrogens with zero attached hydrogens (tertiary/aromatic N) is 2. The first-order valence-corrected chi connectivity index (χ1v) is 22.5. The SMILES string of the molecule is CC(C)C[C@H](NC(=O)[C@H](Cc1c[nH]c2ccccc12)NC(=O)[C@@H]1CCC(=O)N1)C(=O)N[C@@H](CCCN=C(N)N)C(=O)NCC(=O)N[C@@H](CCCN=C(N)N)C(=O)N[C@@H](Cc1ccccc1)C(N)=O. The van der Waals surface area contributed by atoms with E-state index < -0.39 is 84.1 Å². The van der Waals surface area contributed by atoms with Crippen molar-refractivity contribution in [3.05, 3.63) is 71.9 Å². The molecule has 0 bridgehead atoms. The minimum atomic E-state index is -1.27. The number of nitrogens with two attached hydrogens (primary N) is 5. The van der Waals surface area contributed by atoms with Crippen LogP contribution in [0.5, 0.6) is 0 Å². The highest BCUT2D eigenvalue weighted by Crippen LogP contribution is 2.20. The predicted molar refractivity (Wildman–Crippen MR) is 254 cm³/mol. The van der Waals surface area contributed by atoms with Crippen LogP contribution < -0.4 is 65.9 Å². The molecule has 0 spiro atoms. The van der Waals surface area contributed by atoms with Gasteiger partial charge < -0.3 is 70.9 Å². The smallest absolute Gasteiger partial charge is 0.243 e. The average molecular weight is 944 g/mol. The van der Waals surface area contributed by atoms with E-state index in [1.165, 1.54) is 0 Å². The van der Waals surface area contributed by atoms with Crippen LogP contribution in [0.1, 0.15) is 69.9 Å². The minimum absolute atomic E-state index is 0.00356. The molecule has 1 aromatic heterocycles. The number of guanidine groups is 2. The van der Waals surface area contributed by atoms with E-state index in [9.17, 15) is 38.4 Å². The van der Waals surface area contributed by atoms with Crippen LogP contribution in [0.3, 0.4) is 0 Å². The summed E-state index contributed by atoms with van der Waals surface area (Å²) in [5.41, 5.74) is 29.8. The molecule has 4 rings (SSSR count). The van der Waals surface area contributed by atoms with E-state index in [0.29, 0.717) is 0 Å². The van der Waals surface area contributed by atoms with Gasteiger partial charge in [0.2, 0.25) is 47.3 Å². The first kappa shape index (κ1) is 52.9. The van der Waals surface area contributed by atoms with Crippen LogP contribution >= 0.6 is 0 Å². The second-order valence-corrected chi connectivity index (χ2v) is 16.9. The summed E-state index contributed by atoms with van der Waals surface area (Å²) in [6.45, 7) is 3.26. The van der Waals surface area contributed by atoms with Gasteiger partial charge in [0, 0.05) is 49.5 Å². The van der Waals surface area contributed by atoms with Crippen molar-refractivity contribution >= 4 is 70.1 Å². The van der Waals surface area contributed by atoms with Crippen molar-refractivity contribution in [2.45, 2.75) is 108 Å². The summed E-state index contributed by atoms with van der Waals surface area (Å²) in [7, 11) is 0. The van der Waals surface area contributed by atoms with Crippen molar-refractivity contribution in [3.63, 3.8) is 0 Å². The molecule has 6 atom stereocenters. The first-order chi connectivity index (χ1) is 32.4. The molecule has 0 radical (unpaired) electrons. The van der Waals surface area contributed by atoms with Gasteiger partial charge >= 0.3 is 0 Å². The largest absolute Gasteiger partial charge is 0.370 e. The monoisotopic (exact) mass is 944 g/mol. The zero-order chi connectivity index (χ0) is 49.8. The molecule has 0 saturated carbocycles. The summed E-state index contributed by atoms with van der Waals surface area (Å²) in [6, 6.07) is 9.50. The lowest BCUT2D eigenvalue weighted by Gasteiger charge is -2.27. The molecule has 368 valence electrons. The maximum Gasteiger partial charge on any atom is 0.243 e. The number of amides is 8. The van der Waals surface area contributed by atoms with Gasteiger partial charge in [0.05, 0.1) is 6.54 Å². The molecule has 1 fully saturated rings. The van der Waals surface area contributed by atoms with Crippen LogP contribution in [0.25, 0.3) is 10.9 Å². The summed E-state index contributed by atoms with van der Waals surface area (Å²) in [5, 5.41) is 19.4. The van der Waals surface area contributed by atoms with Crippen molar-refractivity contribution in [1.82, 2.24) is 42.2 Å². The molecule has 8 amide bonds. The highest BCUT2D eigenvalue weighted by molar-refractivity contribution is 5.98. The molecule has 23 heteroatoms. The third-order valence-electron chi connectivity index (χ3n) is 10.9. The van der Waals surface area contributed by atoms with Gasteiger partial charge in [0.1, 0.15) is 36.3 Å². The quantitative estimate of drug-likeness (QED) is 0.0213. The average Bonchev–Trinajstić information content (AvgIpc) is 3.92. The fourth-order valence-corrected chi connectivity index (χ4v) is 7.49. The molecule has 1 aliphatic rings. The molecule has 68 heavy (non-hydrogen) atoms. The van der Waals surface area contributed by atoms with Gasteiger partial charge in [-0.3, -0.25) is 48.3 Å². The Morgan fingerprint density at radius 2 is 1.25 bits per heavy atom. The van der Waals surface area contributed by atoms with Crippen molar-refractivity contribution in [2.24, 2.45) is 44.6 Å². The summed E-state index contributed by atoms with van der Waals surface area (Å²) in [6.07, 6.45) is 2.89. The number of aliphatic imine (C=N–C) groups is 2. The normalized spacial score (nSPS) is 15.3. The molecule has 3 aromatic rings. The van der Waals surface area contributed by atoms with Crippen LogP contribution in [0.2, 0.25) is 0 Å². The number of hydrogen-bond acceptors (Lipinski definition) is 10. The number of hydrogen-bond donors (Lipinski definition) is 13. The van der Waals surface area contributed by atoms with Gasteiger partial charge in [0.15, 0.2) is 11.9 Å². The van der Waals surface area contributed by atoms with Gasteiger partial charge in [-0.2, -0.15) is 0 Å². The fourth-order valence-electron chi connectivity index (χ4n) is 7.49. The summed E-state index contributed by atoms with van der Waals surface area (Å²) in [5.74, 6) is -5.81. The van der Waals surface area contributed by atoms with E-state index in [2.05, 4.69) is 52.2 Å². The Kier molecular flexibility index (Phi) is 20.6. The summed E-state index contributed by atoms with van der Waals surface area (Å²) < 4.78 is 0. The number of H-pyrrole nitrogens is 1. The molecule has 0 aliphatic carbocycles. The van der Waals surface area contributed by atoms with Crippen LogP contribution in [-0.4, -0.2) is 120 Å². The van der Waals surface area contributed by atoms with Crippen LogP contribution in [0.4, 0.5) is 0 Å². The second kappa shape index (κ2) is 26.4. The summed E-state index contributed by atoms with van der Waals surface area (Å²) >= 11 is 0. The van der Waals surface area contributed by atoms with Crippen molar-refractivity contribution in [1.29, 1.82) is 0 Å². The van der Waals surface area contributed by atoms with Gasteiger partial charge in [0.25, 0.3) is 0 Å². The number of fused-ring (bicyclic) bond motifs is 1. The number of carbonyl (C=O) groups excluding carboxylic acids is 8. The van der Waals surface area contributed by atoms with Crippen LogP contribution in [-0.2, 0) is 51.2 Å². The third-order valence-corrected chi connectivity index (χ3v) is 10.9. The number of carbonyl (C=O) groups is 8. The maximum atomic E-state index is 14.2. The van der Waals surface area contributed by atoms with Crippen molar-refractivity contribution in [2.75, 3.05) is 19.6 Å². The molecule has 23 nitrogen and oxygen atoms in total. The zero-order valence-electron chi connectivity index (χ0n) is 38.3. The Bertz CT molecular complexity index is 2290. The van der Waals surface area contributed by atoms with E-state index >= 15 is 0 Å². The Hall–Kier alpha value is -7.72. The van der Waals surface area contributed by atoms with Gasteiger partial charge in [-0.05, 0) is 61.6 Å². The molecule has 2 heterocycles. The van der Waals surface area contributed by atoms with Gasteiger partial charge in [-0.1, -0.05) is 62.4 Å². The maximum absolute atomic E-state index is 14.2. The Morgan fingerprint density at radius 3 is 1.85 bits per heavy atom. The van der Waals surface area contributed by atoms with Gasteiger partial charge in [-0.15, -0.1) is 0 Å². The Morgan fingerprint density at radius 1 is 0.676 bits per heavy atom. The number of aromatic nitrogens is 1. The van der Waals surface area contributed by atoms with Crippen molar-refractivity contribution < 1.29 is 38.4 Å². The highest BCUT2D eigenvalue weighted by Gasteiger charge is 2.34. The van der Waals surface area contributed by atoms with E-state index in [1.54, 1.807) is 36.5 Å². The number of primary amides is 1. The Labute approximate surface area is 393 Å². The lowest BCUT2D eigenvalue weighted by atomic mass is 10.00. The fraction of sp³-hybridized carbons (Fsp3) is 0.467. The number of para-hydroxylation sites is 1. The van der Waals surface area contributed by atoms with Gasteiger partial charge in [-0.25, -0.2) is 0 Å². The molecule has 1 aliphatic heterocycles. The lowest BCUT2D eigenvalue weighted by molar-refractivity contribution is -0.135. The molecule has 2 aromatic carbocycles. The third kappa shape index (κ3) is 17.6. The highest BCUT2D eigenvalue weighted by atomic mass is 16.2. The first-order valence-electron chi connectivity index (χ1n) is 22.5. The molecular weight excluding hydrogens is 879 g/mol. The number of aromatic amines is 1. The molecular formula is C45H65N15O8. The molecule has 0 unspecified atom stereocenters. The van der Waals surface area contributed by atoms with Crippen LogP contribution in [0.15, 0.2) is 70.8 Å². The topological polar surface area (TPSA) is 391 Å². The van der Waals surface area contributed by atoms with Crippen molar-refractivity contribution in [3.8, 4) is 0 Å². The minimum Gasteiger partial charge on any atom is -0.370 e. The number of rotatable bonds is 27. The zero-order valence-corrected chi connectivity index (χ0v) is 38.3. The number of nitrogens with one attached hydrogen (secondary N) is 8. The van der Waals surface area contributed by atoms with Crippen LogP contribution in [0, 0.1) is 5.92 Å². The Balaban J connectivity index is 1.49.